The summed E-state index contributed by atoms with van der Waals surface area (Å²) in [5, 5.41) is 6.00. The fourth-order valence-corrected chi connectivity index (χ4v) is 4.10. The highest BCUT2D eigenvalue weighted by molar-refractivity contribution is 6.00. The zero-order chi connectivity index (χ0) is 15.1. The number of amides is 2. The predicted octanol–water partition coefficient (Wildman–Crippen LogP) is 1.15. The normalized spacial score (nSPS) is 31.3. The summed E-state index contributed by atoms with van der Waals surface area (Å²) in [6, 6.07) is 9.59. The lowest BCUT2D eigenvalue weighted by Crippen LogP contribution is -2.39. The van der Waals surface area contributed by atoms with Gasteiger partial charge < -0.3 is 10.2 Å². The molecule has 1 aromatic rings. The van der Waals surface area contributed by atoms with Crippen molar-refractivity contribution in [1.82, 2.24) is 10.6 Å². The molecule has 3 aliphatic rings. The van der Waals surface area contributed by atoms with Crippen LogP contribution in [0.4, 0.5) is 5.69 Å². The zero-order valence-electron chi connectivity index (χ0n) is 12.5. The number of carbonyl (C=O) groups is 2. The van der Waals surface area contributed by atoms with E-state index >= 15 is 0 Å². The Labute approximate surface area is 130 Å². The van der Waals surface area contributed by atoms with E-state index in [1.54, 1.807) is 0 Å². The predicted molar refractivity (Wildman–Crippen MR) is 83.7 cm³/mol. The molecule has 4 rings (SSSR count). The number of hydrogen-bond acceptors (Lipinski definition) is 4. The van der Waals surface area contributed by atoms with Crippen molar-refractivity contribution >= 4 is 17.5 Å². The lowest BCUT2D eigenvalue weighted by Gasteiger charge is -2.26. The van der Waals surface area contributed by atoms with Gasteiger partial charge in [-0.25, -0.2) is 0 Å². The summed E-state index contributed by atoms with van der Waals surface area (Å²) in [5.74, 6) is -0.508. The van der Waals surface area contributed by atoms with Crippen molar-refractivity contribution in [2.45, 2.75) is 43.7 Å². The van der Waals surface area contributed by atoms with Crippen LogP contribution in [0.15, 0.2) is 24.3 Å². The van der Waals surface area contributed by atoms with Gasteiger partial charge in [-0.3, -0.25) is 14.9 Å². The summed E-state index contributed by atoms with van der Waals surface area (Å²) in [6.07, 6.45) is 3.46. The Balaban J connectivity index is 1.51. The van der Waals surface area contributed by atoms with Crippen molar-refractivity contribution in [2.24, 2.45) is 0 Å². The number of fused-ring (bicyclic) bond motifs is 1. The molecule has 1 aromatic carbocycles. The van der Waals surface area contributed by atoms with Crippen molar-refractivity contribution in [2.75, 3.05) is 18.0 Å². The fraction of sp³-hybridized carbons (Fsp3) is 0.529. The average Bonchev–Trinajstić information content (AvgIpc) is 3.10. The Morgan fingerprint density at radius 2 is 1.86 bits per heavy atom. The van der Waals surface area contributed by atoms with Crippen molar-refractivity contribution < 1.29 is 9.59 Å². The summed E-state index contributed by atoms with van der Waals surface area (Å²) < 4.78 is 0. The van der Waals surface area contributed by atoms with E-state index in [-0.39, 0.29) is 17.7 Å². The number of hydrogen-bond donors (Lipinski definition) is 2. The van der Waals surface area contributed by atoms with Crippen LogP contribution in [0.1, 0.15) is 37.2 Å². The molecule has 0 bridgehead atoms. The van der Waals surface area contributed by atoms with Crippen LogP contribution in [0, 0.1) is 0 Å². The highest BCUT2D eigenvalue weighted by atomic mass is 16.2. The minimum Gasteiger partial charge on any atom is -0.367 e. The summed E-state index contributed by atoms with van der Waals surface area (Å²) in [6.45, 7) is 2.21. The van der Waals surface area contributed by atoms with Crippen LogP contribution in [-0.2, 0) is 9.59 Å². The van der Waals surface area contributed by atoms with Gasteiger partial charge in [0.15, 0.2) is 0 Å². The van der Waals surface area contributed by atoms with Crippen LogP contribution < -0.4 is 15.5 Å². The van der Waals surface area contributed by atoms with Crippen molar-refractivity contribution in [3.8, 4) is 0 Å². The molecule has 22 heavy (non-hydrogen) atoms. The Hall–Kier alpha value is -1.88. The van der Waals surface area contributed by atoms with Gasteiger partial charge in [-0.05, 0) is 43.5 Å². The van der Waals surface area contributed by atoms with Crippen LogP contribution in [0.3, 0.4) is 0 Å². The Bertz CT molecular complexity index is 598. The lowest BCUT2D eigenvalue weighted by molar-refractivity contribution is -0.134. The summed E-state index contributed by atoms with van der Waals surface area (Å²) >= 11 is 0. The molecule has 2 N–H and O–H groups in total. The van der Waals surface area contributed by atoms with E-state index in [4.69, 9.17) is 0 Å². The van der Waals surface area contributed by atoms with Gasteiger partial charge in [0.05, 0.1) is 5.92 Å². The summed E-state index contributed by atoms with van der Waals surface area (Å²) in [5.41, 5.74) is 2.25. The molecule has 2 amide bonds. The second kappa shape index (κ2) is 5.39. The first-order chi connectivity index (χ1) is 10.7. The third kappa shape index (κ3) is 2.29. The first-order valence-electron chi connectivity index (χ1n) is 8.16. The fourth-order valence-electron chi connectivity index (χ4n) is 4.10. The number of piperidine rings is 1. The summed E-state index contributed by atoms with van der Waals surface area (Å²) in [4.78, 5) is 25.7. The molecule has 0 aromatic heterocycles. The molecule has 3 saturated heterocycles. The first-order valence-corrected chi connectivity index (χ1v) is 8.16. The third-order valence-corrected chi connectivity index (χ3v) is 5.26. The molecule has 0 spiro atoms. The quantitative estimate of drug-likeness (QED) is 0.804. The van der Waals surface area contributed by atoms with E-state index in [0.29, 0.717) is 24.9 Å². The highest BCUT2D eigenvalue weighted by Gasteiger charge is 2.37. The van der Waals surface area contributed by atoms with E-state index in [2.05, 4.69) is 27.7 Å². The molecule has 5 heteroatoms. The van der Waals surface area contributed by atoms with Gasteiger partial charge in [0.25, 0.3) is 0 Å². The molecule has 1 unspecified atom stereocenters. The first kappa shape index (κ1) is 13.8. The van der Waals surface area contributed by atoms with E-state index in [1.807, 2.05) is 12.1 Å². The third-order valence-electron chi connectivity index (χ3n) is 5.26. The number of benzene rings is 1. The van der Waals surface area contributed by atoms with E-state index in [0.717, 1.165) is 18.7 Å². The maximum Gasteiger partial charge on any atom is 0.234 e. The van der Waals surface area contributed by atoms with Crippen LogP contribution in [0.5, 0.6) is 0 Å². The Morgan fingerprint density at radius 3 is 2.64 bits per heavy atom. The molecule has 0 radical (unpaired) electrons. The second-order valence-corrected chi connectivity index (χ2v) is 6.49. The molecule has 3 fully saturated rings. The average molecular weight is 299 g/mol. The van der Waals surface area contributed by atoms with Crippen LogP contribution in [0.2, 0.25) is 0 Å². The number of carbonyl (C=O) groups excluding carboxylic acids is 2. The minimum atomic E-state index is -0.189. The van der Waals surface area contributed by atoms with E-state index < -0.39 is 0 Å². The molecule has 3 heterocycles. The molecule has 0 aliphatic carbocycles. The van der Waals surface area contributed by atoms with E-state index in [1.165, 1.54) is 18.5 Å². The molecule has 3 atom stereocenters. The monoisotopic (exact) mass is 299 g/mol. The van der Waals surface area contributed by atoms with Crippen LogP contribution in [-0.4, -0.2) is 37.0 Å². The summed E-state index contributed by atoms with van der Waals surface area (Å²) in [7, 11) is 0. The highest BCUT2D eigenvalue weighted by Crippen LogP contribution is 2.32. The Kier molecular flexibility index (Phi) is 3.37. The number of imide groups is 1. The second-order valence-electron chi connectivity index (χ2n) is 6.49. The van der Waals surface area contributed by atoms with Gasteiger partial charge in [-0.15, -0.1) is 0 Å². The topological polar surface area (TPSA) is 61.4 Å². The van der Waals surface area contributed by atoms with Gasteiger partial charge in [-0.1, -0.05) is 12.1 Å². The maximum absolute atomic E-state index is 11.9. The zero-order valence-corrected chi connectivity index (χ0v) is 12.5. The number of rotatable bonds is 2. The maximum atomic E-state index is 11.9. The standard InChI is InChI=1S/C17H21N3O2/c21-16-6-5-13(17(22)19-16)11-1-3-12(4-2-11)20-10-8-14-15(20)7-9-18-14/h1-4,13-15,18H,5-10H2,(H,19,21,22)/t13?,14-,15-/m0/s1. The number of nitrogens with zero attached hydrogens (tertiary/aromatic N) is 1. The van der Waals surface area contributed by atoms with Crippen molar-refractivity contribution in [1.29, 1.82) is 0 Å². The molecular formula is C17H21N3O2. The van der Waals surface area contributed by atoms with Crippen LogP contribution >= 0.6 is 0 Å². The van der Waals surface area contributed by atoms with Crippen molar-refractivity contribution in [3.05, 3.63) is 29.8 Å². The molecule has 116 valence electrons. The molecule has 5 nitrogen and oxygen atoms in total. The smallest absolute Gasteiger partial charge is 0.234 e. The number of anilines is 1. The largest absolute Gasteiger partial charge is 0.367 e. The number of nitrogens with one attached hydrogen (secondary N) is 2. The molecule has 0 saturated carbocycles. The minimum absolute atomic E-state index is 0.158. The molecular weight excluding hydrogens is 278 g/mol. The Morgan fingerprint density at radius 1 is 1.05 bits per heavy atom. The van der Waals surface area contributed by atoms with Gasteiger partial charge in [0, 0.05) is 30.7 Å². The van der Waals surface area contributed by atoms with Gasteiger partial charge in [-0.2, -0.15) is 0 Å². The molecule has 3 aliphatic heterocycles. The van der Waals surface area contributed by atoms with Gasteiger partial charge in [0.1, 0.15) is 0 Å². The van der Waals surface area contributed by atoms with Gasteiger partial charge in [0.2, 0.25) is 11.8 Å². The van der Waals surface area contributed by atoms with Gasteiger partial charge >= 0.3 is 0 Å². The van der Waals surface area contributed by atoms with E-state index in [9.17, 15) is 9.59 Å². The lowest BCUT2D eigenvalue weighted by atomic mass is 9.90. The SMILES string of the molecule is O=C1CCC(c2ccc(N3CC[C@@H]4NCC[C@@H]43)cc2)C(=O)N1. The van der Waals surface area contributed by atoms with Crippen LogP contribution in [0.25, 0.3) is 0 Å². The van der Waals surface area contributed by atoms with Crippen molar-refractivity contribution in [3.63, 3.8) is 0 Å².